The van der Waals surface area contributed by atoms with Gasteiger partial charge in [0.05, 0.1) is 14.2 Å². The molecular weight excluding hydrogens is 344 g/mol. The molecule has 0 aliphatic heterocycles. The molecule has 2 nitrogen and oxygen atoms in total. The number of carbonyl (C=O) groups excluding carboxylic acids is 1. The molecule has 0 aliphatic rings. The van der Waals surface area contributed by atoms with Crippen LogP contribution in [0.15, 0.2) is 25.8 Å². The molecule has 5 heteroatoms. The molecule has 0 N–H and O–H groups in total. The first-order valence-electron chi connectivity index (χ1n) is 4.32. The van der Waals surface area contributed by atoms with Crippen molar-refractivity contribution in [2.45, 2.75) is 6.92 Å². The van der Waals surface area contributed by atoms with Crippen molar-refractivity contribution in [3.05, 3.63) is 31.4 Å². The minimum absolute atomic E-state index is 0.00618. The lowest BCUT2D eigenvalue weighted by atomic mass is 10.2. The predicted molar refractivity (Wildman–Crippen MR) is 69.7 cm³/mol. The first-order chi connectivity index (χ1) is 7.15. The van der Waals surface area contributed by atoms with Crippen molar-refractivity contribution in [1.29, 1.82) is 0 Å². The second-order valence-electron chi connectivity index (χ2n) is 2.75. The Bertz CT molecular complexity index is 371. The molecule has 0 saturated carbocycles. The Hall–Kier alpha value is 0.0300. The van der Waals surface area contributed by atoms with Crippen LogP contribution in [-0.2, 0) is 4.74 Å². The molecule has 0 spiro atoms. The molecule has 0 bridgehead atoms. The minimum Gasteiger partial charge on any atom is -0.369 e. The van der Waals surface area contributed by atoms with Gasteiger partial charge in [-0.15, -0.1) is 11.3 Å². The number of hydrogen-bond donors (Lipinski definition) is 0. The molecule has 0 atom stereocenters. The zero-order valence-corrected chi connectivity index (χ0v) is 12.1. The van der Waals surface area contributed by atoms with E-state index in [1.54, 1.807) is 6.07 Å². The van der Waals surface area contributed by atoms with Gasteiger partial charge in [0.1, 0.15) is 6.61 Å². The largest absolute Gasteiger partial charge is 0.369 e. The van der Waals surface area contributed by atoms with E-state index in [1.807, 2.05) is 19.1 Å². The molecule has 82 valence electrons. The Balaban J connectivity index is 2.50. The maximum absolute atomic E-state index is 11.6. The fraction of sp³-hybridized carbons (Fsp3) is 0.300. The highest BCUT2D eigenvalue weighted by atomic mass is 79.9. The fourth-order valence-electron chi connectivity index (χ4n) is 0.924. The number of hydrogen-bond acceptors (Lipinski definition) is 3. The minimum atomic E-state index is -0.00618. The third kappa shape index (κ3) is 4.18. The van der Waals surface area contributed by atoms with E-state index < -0.39 is 0 Å². The van der Waals surface area contributed by atoms with E-state index in [1.165, 1.54) is 11.3 Å². The summed E-state index contributed by atoms with van der Waals surface area (Å²) in [6.07, 6.45) is 3.76. The Kier molecular flexibility index (Phi) is 5.74. The van der Waals surface area contributed by atoms with Crippen molar-refractivity contribution in [3.63, 3.8) is 0 Å². The summed E-state index contributed by atoms with van der Waals surface area (Å²) in [5.41, 5.74) is 0.673. The smallest absolute Gasteiger partial charge is 0.190 e. The van der Waals surface area contributed by atoms with Gasteiger partial charge >= 0.3 is 0 Å². The van der Waals surface area contributed by atoms with Gasteiger partial charge in [0.15, 0.2) is 5.78 Å². The molecule has 0 unspecified atom stereocenters. The van der Waals surface area contributed by atoms with Crippen LogP contribution in [0.1, 0.15) is 17.3 Å². The highest BCUT2D eigenvalue weighted by molar-refractivity contribution is 9.12. The number of halogens is 2. The SMILES string of the molecule is CC=CCOCC(=O)c1cc(Br)sc1Br. The maximum atomic E-state index is 11.6. The number of rotatable bonds is 5. The summed E-state index contributed by atoms with van der Waals surface area (Å²) in [6.45, 7) is 2.51. The number of carbonyl (C=O) groups is 1. The number of ether oxygens (including phenoxy) is 1. The standard InChI is InChI=1S/C10H10Br2O2S/c1-2-3-4-14-6-8(13)7-5-9(11)15-10(7)12/h2-3,5H,4,6H2,1H3. The molecule has 0 aromatic carbocycles. The quantitative estimate of drug-likeness (QED) is 0.453. The van der Waals surface area contributed by atoms with Crippen molar-refractivity contribution in [3.8, 4) is 0 Å². The van der Waals surface area contributed by atoms with Gasteiger partial charge in [0, 0.05) is 5.56 Å². The summed E-state index contributed by atoms with van der Waals surface area (Å²) in [7, 11) is 0. The van der Waals surface area contributed by atoms with Crippen LogP contribution >= 0.6 is 43.2 Å². The zero-order valence-electron chi connectivity index (χ0n) is 8.13. The van der Waals surface area contributed by atoms with Crippen LogP contribution in [0, 0.1) is 0 Å². The molecular formula is C10H10Br2O2S. The van der Waals surface area contributed by atoms with E-state index in [2.05, 4.69) is 31.9 Å². The molecule has 1 rings (SSSR count). The second-order valence-corrected chi connectivity index (χ2v) is 6.49. The number of Topliss-reactive ketones (excluding diaryl/α,β-unsaturated/α-hetero) is 1. The second kappa shape index (κ2) is 6.58. The lowest BCUT2D eigenvalue weighted by molar-refractivity contribution is 0.0805. The topological polar surface area (TPSA) is 26.3 Å². The van der Waals surface area contributed by atoms with Crippen molar-refractivity contribution >= 4 is 49.0 Å². The van der Waals surface area contributed by atoms with Crippen LogP contribution in [0.2, 0.25) is 0 Å². The molecule has 0 fully saturated rings. The summed E-state index contributed by atoms with van der Waals surface area (Å²) in [6, 6.07) is 1.80. The first kappa shape index (κ1) is 13.1. The average molecular weight is 354 g/mol. The van der Waals surface area contributed by atoms with E-state index in [0.29, 0.717) is 12.2 Å². The van der Waals surface area contributed by atoms with E-state index in [0.717, 1.165) is 7.57 Å². The summed E-state index contributed by atoms with van der Waals surface area (Å²) >= 11 is 8.15. The predicted octanol–water partition coefficient (Wildman–Crippen LogP) is 4.05. The Morgan fingerprint density at radius 3 is 2.87 bits per heavy atom. The van der Waals surface area contributed by atoms with Gasteiger partial charge in [-0.2, -0.15) is 0 Å². The molecule has 0 radical (unpaired) electrons. The van der Waals surface area contributed by atoms with Gasteiger partial charge in [-0.1, -0.05) is 12.2 Å². The molecule has 0 aliphatic carbocycles. The lowest BCUT2D eigenvalue weighted by Crippen LogP contribution is -2.08. The maximum Gasteiger partial charge on any atom is 0.190 e. The Morgan fingerprint density at radius 2 is 2.33 bits per heavy atom. The van der Waals surface area contributed by atoms with Crippen LogP contribution in [-0.4, -0.2) is 19.0 Å². The first-order valence-corrected chi connectivity index (χ1v) is 6.72. The number of ketones is 1. The van der Waals surface area contributed by atoms with Crippen LogP contribution < -0.4 is 0 Å². The monoisotopic (exact) mass is 352 g/mol. The Labute approximate surface area is 110 Å². The Morgan fingerprint density at radius 1 is 1.60 bits per heavy atom. The molecule has 0 saturated heterocycles. The molecule has 15 heavy (non-hydrogen) atoms. The summed E-state index contributed by atoms with van der Waals surface area (Å²) < 4.78 is 6.96. The highest BCUT2D eigenvalue weighted by Crippen LogP contribution is 2.32. The van der Waals surface area contributed by atoms with Gasteiger partial charge in [0.2, 0.25) is 0 Å². The lowest BCUT2D eigenvalue weighted by Gasteiger charge is -1.99. The van der Waals surface area contributed by atoms with Crippen molar-refractivity contribution in [2.24, 2.45) is 0 Å². The average Bonchev–Trinajstić information content (AvgIpc) is 2.52. The van der Waals surface area contributed by atoms with Gasteiger partial charge in [0.25, 0.3) is 0 Å². The van der Waals surface area contributed by atoms with E-state index in [9.17, 15) is 4.79 Å². The van der Waals surface area contributed by atoms with Crippen molar-refractivity contribution < 1.29 is 9.53 Å². The van der Waals surface area contributed by atoms with E-state index in [4.69, 9.17) is 4.74 Å². The molecule has 0 amide bonds. The number of allylic oxidation sites excluding steroid dienone is 1. The van der Waals surface area contributed by atoms with Gasteiger partial charge in [-0.25, -0.2) is 0 Å². The van der Waals surface area contributed by atoms with Crippen LogP contribution in [0.25, 0.3) is 0 Å². The van der Waals surface area contributed by atoms with Crippen LogP contribution in [0.5, 0.6) is 0 Å². The van der Waals surface area contributed by atoms with Crippen molar-refractivity contribution in [1.82, 2.24) is 0 Å². The third-order valence-corrected chi connectivity index (χ3v) is 3.98. The molecule has 1 aromatic heterocycles. The van der Waals surface area contributed by atoms with Crippen LogP contribution in [0.3, 0.4) is 0 Å². The third-order valence-electron chi connectivity index (χ3n) is 1.64. The molecule has 1 heterocycles. The van der Waals surface area contributed by atoms with Crippen LogP contribution in [0.4, 0.5) is 0 Å². The van der Waals surface area contributed by atoms with E-state index >= 15 is 0 Å². The summed E-state index contributed by atoms with van der Waals surface area (Å²) in [5.74, 6) is -0.00618. The fourth-order valence-corrected chi connectivity index (χ4v) is 3.78. The van der Waals surface area contributed by atoms with Gasteiger partial charge in [-0.05, 0) is 44.8 Å². The normalized spacial score (nSPS) is 11.1. The summed E-state index contributed by atoms with van der Waals surface area (Å²) in [4.78, 5) is 11.6. The summed E-state index contributed by atoms with van der Waals surface area (Å²) in [5, 5.41) is 0. The number of thiophene rings is 1. The van der Waals surface area contributed by atoms with Gasteiger partial charge in [-0.3, -0.25) is 4.79 Å². The highest BCUT2D eigenvalue weighted by Gasteiger charge is 2.13. The molecule has 1 aromatic rings. The van der Waals surface area contributed by atoms with Crippen molar-refractivity contribution in [2.75, 3.05) is 13.2 Å². The zero-order chi connectivity index (χ0) is 11.3. The van der Waals surface area contributed by atoms with Gasteiger partial charge < -0.3 is 4.74 Å². The van der Waals surface area contributed by atoms with E-state index in [-0.39, 0.29) is 12.4 Å².